The molecule has 10 heteroatoms. The summed E-state index contributed by atoms with van der Waals surface area (Å²) in [5.41, 5.74) is 2.65. The lowest BCUT2D eigenvalue weighted by atomic mass is 10.1. The number of nitrogens with one attached hydrogen (secondary N) is 2. The van der Waals surface area contributed by atoms with Crippen LogP contribution in [0.5, 0.6) is 5.75 Å². The number of sulfonamides is 1. The van der Waals surface area contributed by atoms with Gasteiger partial charge in [-0.1, -0.05) is 24.3 Å². The summed E-state index contributed by atoms with van der Waals surface area (Å²) in [6, 6.07) is 14.7. The van der Waals surface area contributed by atoms with Crippen LogP contribution in [0.4, 0.5) is 5.69 Å². The van der Waals surface area contributed by atoms with E-state index in [2.05, 4.69) is 14.3 Å². The lowest BCUT2D eigenvalue weighted by molar-refractivity contribution is 0.239. The van der Waals surface area contributed by atoms with E-state index in [0.29, 0.717) is 24.6 Å². The largest absolute Gasteiger partial charge is 0.492 e. The fourth-order valence-electron chi connectivity index (χ4n) is 2.55. The van der Waals surface area contributed by atoms with E-state index in [4.69, 9.17) is 9.29 Å². The van der Waals surface area contributed by atoms with Crippen molar-refractivity contribution in [3.63, 3.8) is 0 Å². The van der Waals surface area contributed by atoms with Crippen molar-refractivity contribution < 1.29 is 21.9 Å². The molecule has 0 fully saturated rings. The molecule has 0 radical (unpaired) electrons. The van der Waals surface area contributed by atoms with Crippen LogP contribution < -0.4 is 14.2 Å². The van der Waals surface area contributed by atoms with E-state index in [-0.39, 0.29) is 0 Å². The number of ether oxygens (including phenoxy) is 1. The van der Waals surface area contributed by atoms with Crippen LogP contribution in [0.15, 0.2) is 48.5 Å². The molecule has 2 aromatic rings. The van der Waals surface area contributed by atoms with E-state index in [9.17, 15) is 12.6 Å². The van der Waals surface area contributed by atoms with Crippen molar-refractivity contribution >= 4 is 27.0 Å². The average molecular weight is 442 g/mol. The van der Waals surface area contributed by atoms with Crippen LogP contribution in [0, 0.1) is 0 Å². The van der Waals surface area contributed by atoms with Crippen LogP contribution in [0.1, 0.15) is 11.1 Å². The zero-order chi connectivity index (χ0) is 21.3. The molecule has 0 bridgehead atoms. The quantitative estimate of drug-likeness (QED) is 0.434. The highest BCUT2D eigenvalue weighted by Gasteiger charge is 2.04. The molecule has 0 aliphatic heterocycles. The fourth-order valence-corrected chi connectivity index (χ4v) is 3.41. The second-order valence-corrected chi connectivity index (χ2v) is 9.22. The van der Waals surface area contributed by atoms with Gasteiger partial charge in [-0.25, -0.2) is 17.3 Å². The van der Waals surface area contributed by atoms with Gasteiger partial charge in [-0.3, -0.25) is 9.27 Å². The van der Waals surface area contributed by atoms with E-state index in [0.717, 1.165) is 31.3 Å². The van der Waals surface area contributed by atoms with Crippen LogP contribution in [0.2, 0.25) is 0 Å². The molecule has 2 aromatic carbocycles. The lowest BCUT2D eigenvalue weighted by Crippen LogP contribution is -2.26. The molecule has 8 nitrogen and oxygen atoms in total. The molecular weight excluding hydrogens is 414 g/mol. The first kappa shape index (κ1) is 23.3. The van der Waals surface area contributed by atoms with Crippen LogP contribution >= 0.6 is 0 Å². The Morgan fingerprint density at radius 2 is 1.66 bits per heavy atom. The molecule has 0 saturated heterocycles. The van der Waals surface area contributed by atoms with Gasteiger partial charge >= 0.3 is 0 Å². The van der Waals surface area contributed by atoms with Gasteiger partial charge < -0.3 is 9.64 Å². The Kier molecular flexibility index (Phi) is 9.05. The van der Waals surface area contributed by atoms with Gasteiger partial charge in [-0.15, -0.1) is 0 Å². The average Bonchev–Trinajstić information content (AvgIpc) is 2.66. The Labute approximate surface area is 174 Å². The summed E-state index contributed by atoms with van der Waals surface area (Å²) in [7, 11) is -1.25. The monoisotopic (exact) mass is 441 g/mol. The molecule has 0 aliphatic carbocycles. The van der Waals surface area contributed by atoms with E-state index >= 15 is 0 Å². The van der Waals surface area contributed by atoms with Gasteiger partial charge in [0.1, 0.15) is 12.4 Å². The number of hydrogen-bond acceptors (Lipinski definition) is 5. The minimum absolute atomic E-state index is 0.353. The Hall–Kier alpha value is -1.98. The molecule has 2 rings (SSSR count). The number of anilines is 1. The standard InChI is InChI=1S/C19H27N3O5S2/c1-22(12-11-16-3-5-17(6-4-16)15-20-28(23)24)13-14-27-19-9-7-18(8-10-19)21-29(2,25)26/h3-10,20-21H,11-15H2,1-2H3,(H,23,24). The van der Waals surface area contributed by atoms with Crippen molar-refractivity contribution in [1.29, 1.82) is 0 Å². The minimum atomic E-state index is -3.28. The Balaban J connectivity index is 1.68. The Morgan fingerprint density at radius 1 is 1.03 bits per heavy atom. The number of benzene rings is 2. The van der Waals surface area contributed by atoms with Crippen molar-refractivity contribution in [1.82, 2.24) is 9.62 Å². The number of nitrogens with zero attached hydrogens (tertiary/aromatic N) is 1. The van der Waals surface area contributed by atoms with Crippen LogP contribution in [0.25, 0.3) is 0 Å². The van der Waals surface area contributed by atoms with Crippen molar-refractivity contribution in [3.8, 4) is 5.75 Å². The molecule has 3 N–H and O–H groups in total. The molecule has 1 unspecified atom stereocenters. The Morgan fingerprint density at radius 3 is 2.24 bits per heavy atom. The highest BCUT2D eigenvalue weighted by molar-refractivity contribution is 7.92. The van der Waals surface area contributed by atoms with Crippen molar-refractivity contribution in [2.75, 3.05) is 37.7 Å². The van der Waals surface area contributed by atoms with Gasteiger partial charge in [-0.05, 0) is 48.9 Å². The first-order valence-corrected chi connectivity index (χ1v) is 12.0. The first-order chi connectivity index (χ1) is 13.7. The summed E-state index contributed by atoms with van der Waals surface area (Å²) in [6.45, 7) is 2.51. The molecule has 0 amide bonds. The van der Waals surface area contributed by atoms with E-state index in [1.54, 1.807) is 24.3 Å². The lowest BCUT2D eigenvalue weighted by Gasteiger charge is -2.17. The van der Waals surface area contributed by atoms with Crippen LogP contribution in [0.3, 0.4) is 0 Å². The molecule has 29 heavy (non-hydrogen) atoms. The number of hydrogen-bond donors (Lipinski definition) is 3. The fraction of sp³-hybridized carbons (Fsp3) is 0.368. The zero-order valence-electron chi connectivity index (χ0n) is 16.5. The van der Waals surface area contributed by atoms with Crippen molar-refractivity contribution in [2.45, 2.75) is 13.0 Å². The van der Waals surface area contributed by atoms with Gasteiger partial charge in [-0.2, -0.15) is 0 Å². The second-order valence-electron chi connectivity index (χ2n) is 6.69. The highest BCUT2D eigenvalue weighted by atomic mass is 32.2. The predicted molar refractivity (Wildman–Crippen MR) is 116 cm³/mol. The third-order valence-corrected chi connectivity index (χ3v) is 5.10. The normalized spacial score (nSPS) is 12.7. The number of rotatable bonds is 12. The van der Waals surface area contributed by atoms with E-state index in [1.165, 1.54) is 5.56 Å². The molecule has 0 aromatic heterocycles. The maximum atomic E-state index is 11.2. The molecular formula is C19H27N3O5S2. The van der Waals surface area contributed by atoms with Gasteiger partial charge in [0, 0.05) is 25.3 Å². The topological polar surface area (TPSA) is 108 Å². The molecule has 0 spiro atoms. The molecule has 160 valence electrons. The highest BCUT2D eigenvalue weighted by Crippen LogP contribution is 2.16. The number of likely N-dealkylation sites (N-methyl/N-ethyl adjacent to an activating group) is 1. The smallest absolute Gasteiger partial charge is 0.232 e. The molecule has 1 atom stereocenters. The summed E-state index contributed by atoms with van der Waals surface area (Å²) >= 11 is -2.00. The molecule has 0 saturated carbocycles. The maximum absolute atomic E-state index is 11.2. The minimum Gasteiger partial charge on any atom is -0.492 e. The van der Waals surface area contributed by atoms with E-state index < -0.39 is 21.3 Å². The molecule has 0 heterocycles. The zero-order valence-corrected chi connectivity index (χ0v) is 18.1. The summed E-state index contributed by atoms with van der Waals surface area (Å²) in [4.78, 5) is 2.17. The van der Waals surface area contributed by atoms with Crippen LogP contribution in [-0.4, -0.2) is 55.1 Å². The van der Waals surface area contributed by atoms with Gasteiger partial charge in [0.2, 0.25) is 21.3 Å². The van der Waals surface area contributed by atoms with Crippen molar-refractivity contribution in [2.24, 2.45) is 0 Å². The van der Waals surface area contributed by atoms with Crippen LogP contribution in [-0.2, 0) is 34.3 Å². The molecule has 0 aliphatic rings. The van der Waals surface area contributed by atoms with E-state index in [1.807, 2.05) is 31.3 Å². The maximum Gasteiger partial charge on any atom is 0.232 e. The second kappa shape index (κ2) is 11.3. The van der Waals surface area contributed by atoms with Gasteiger partial charge in [0.25, 0.3) is 0 Å². The third-order valence-electron chi connectivity index (χ3n) is 4.10. The van der Waals surface area contributed by atoms with Gasteiger partial charge in [0.15, 0.2) is 0 Å². The predicted octanol–water partition coefficient (Wildman–Crippen LogP) is 1.84. The Bertz CT molecular complexity index is 887. The summed E-state index contributed by atoms with van der Waals surface area (Å²) < 4.78 is 52.3. The summed E-state index contributed by atoms with van der Waals surface area (Å²) in [6.07, 6.45) is 2.00. The SMILES string of the molecule is CN(CCOc1ccc(NS(C)(=O)=O)cc1)CCc1ccc(CNS(=O)O)cc1. The van der Waals surface area contributed by atoms with Crippen molar-refractivity contribution in [3.05, 3.63) is 59.7 Å². The van der Waals surface area contributed by atoms with Gasteiger partial charge in [0.05, 0.1) is 6.26 Å². The summed E-state index contributed by atoms with van der Waals surface area (Å²) in [5.74, 6) is 0.686. The summed E-state index contributed by atoms with van der Waals surface area (Å²) in [5, 5.41) is 0. The first-order valence-electron chi connectivity index (χ1n) is 9.02. The third kappa shape index (κ3) is 9.86.